The van der Waals surface area contributed by atoms with Crippen LogP contribution in [0.25, 0.3) is 0 Å². The first-order chi connectivity index (χ1) is 5.22. The van der Waals surface area contributed by atoms with E-state index in [0.717, 1.165) is 3.58 Å². The zero-order chi connectivity index (χ0) is 8.27. The standard InChI is InChI=1S/C6H5.CHO2.CH3.Sn.H/c1-2-4-6-5-3-1;2-1-3;;;/h1-5H;(H,2,3);1H3;;. The van der Waals surface area contributed by atoms with Crippen LogP contribution < -0.4 is 3.58 Å². The van der Waals surface area contributed by atoms with Crippen LogP contribution in [0.1, 0.15) is 0 Å². The Morgan fingerprint density at radius 3 is 2.36 bits per heavy atom. The third kappa shape index (κ3) is 2.22. The van der Waals surface area contributed by atoms with Crippen LogP contribution in [0, 0.1) is 0 Å². The van der Waals surface area contributed by atoms with E-state index in [0.29, 0.717) is 0 Å². The molecule has 11 heavy (non-hydrogen) atoms. The number of hydrogen-bond acceptors (Lipinski definition) is 1. The van der Waals surface area contributed by atoms with Gasteiger partial charge in [0.1, 0.15) is 0 Å². The van der Waals surface area contributed by atoms with E-state index in [1.165, 1.54) is 0 Å². The average Bonchev–Trinajstić information content (AvgIpc) is 2.05. The maximum absolute atomic E-state index is 10.6. The van der Waals surface area contributed by atoms with Gasteiger partial charge in [-0.05, 0) is 0 Å². The molecule has 3 heteroatoms. The minimum absolute atomic E-state index is 0.571. The van der Waals surface area contributed by atoms with E-state index in [9.17, 15) is 4.79 Å². The molecule has 0 amide bonds. The zero-order valence-corrected chi connectivity index (χ0v) is 9.62. The molecular formula is C8H10O2Sn. The van der Waals surface area contributed by atoms with Gasteiger partial charge in [-0.25, -0.2) is 0 Å². The van der Waals surface area contributed by atoms with E-state index in [1.807, 2.05) is 35.3 Å². The molecule has 1 aromatic rings. The van der Waals surface area contributed by atoms with E-state index in [4.69, 9.17) is 5.11 Å². The van der Waals surface area contributed by atoms with Gasteiger partial charge in [-0.1, -0.05) is 0 Å². The summed E-state index contributed by atoms with van der Waals surface area (Å²) in [4.78, 5) is 12.5. The Bertz CT molecular complexity index is 246. The van der Waals surface area contributed by atoms with E-state index in [1.54, 1.807) is 0 Å². The van der Waals surface area contributed by atoms with Gasteiger partial charge in [-0.15, -0.1) is 0 Å². The van der Waals surface area contributed by atoms with Gasteiger partial charge in [-0.2, -0.15) is 0 Å². The summed E-state index contributed by atoms with van der Waals surface area (Å²) in [6, 6.07) is 9.52. The molecule has 0 fully saturated rings. The molecule has 0 aliphatic carbocycles. The second-order valence-electron chi connectivity index (χ2n) is 2.47. The third-order valence-electron chi connectivity index (χ3n) is 1.67. The molecule has 0 bridgehead atoms. The molecule has 1 N–H and O–H groups in total. The van der Waals surface area contributed by atoms with Crippen molar-refractivity contribution in [2.24, 2.45) is 0 Å². The van der Waals surface area contributed by atoms with Gasteiger partial charge < -0.3 is 0 Å². The van der Waals surface area contributed by atoms with E-state index >= 15 is 0 Å². The molecule has 0 aromatic heterocycles. The Kier molecular flexibility index (Phi) is 2.93. The van der Waals surface area contributed by atoms with Crippen molar-refractivity contribution in [1.82, 2.24) is 0 Å². The van der Waals surface area contributed by atoms with Crippen molar-refractivity contribution in [2.75, 3.05) is 0 Å². The van der Waals surface area contributed by atoms with Gasteiger partial charge in [0.05, 0.1) is 0 Å². The number of hydrogen-bond donors (Lipinski definition) is 1. The van der Waals surface area contributed by atoms with Crippen LogP contribution in [0.4, 0.5) is 4.79 Å². The summed E-state index contributed by atoms with van der Waals surface area (Å²) in [6.45, 7) is 0. The van der Waals surface area contributed by atoms with Crippen molar-refractivity contribution in [1.29, 1.82) is 0 Å². The summed E-state index contributed by atoms with van der Waals surface area (Å²) in [5.74, 6) is 0. The topological polar surface area (TPSA) is 37.3 Å². The van der Waals surface area contributed by atoms with Crippen LogP contribution in [0.3, 0.4) is 0 Å². The van der Waals surface area contributed by atoms with Gasteiger partial charge in [-0.3, -0.25) is 0 Å². The molecule has 0 spiro atoms. The molecule has 0 aliphatic heterocycles. The average molecular weight is 257 g/mol. The molecule has 0 radical (unpaired) electrons. The molecule has 0 saturated carbocycles. The van der Waals surface area contributed by atoms with Gasteiger partial charge in [0.2, 0.25) is 0 Å². The van der Waals surface area contributed by atoms with E-state index in [2.05, 4.69) is 0 Å². The monoisotopic (exact) mass is 258 g/mol. The Morgan fingerprint density at radius 1 is 1.36 bits per heavy atom. The Balaban J connectivity index is 2.85. The number of carboxylic acid groups (broad SMARTS) is 1. The molecule has 0 heterocycles. The molecule has 1 aromatic carbocycles. The predicted molar refractivity (Wildman–Crippen MR) is 47.1 cm³/mol. The summed E-state index contributed by atoms with van der Waals surface area (Å²) in [6.07, 6.45) is 0. The summed E-state index contributed by atoms with van der Waals surface area (Å²) in [5, 5.41) is 8.73. The molecule has 0 saturated heterocycles. The third-order valence-corrected chi connectivity index (χ3v) is 7.74. The van der Waals surface area contributed by atoms with Crippen molar-refractivity contribution in [3.63, 3.8) is 0 Å². The first kappa shape index (κ1) is 8.58. The quantitative estimate of drug-likeness (QED) is 0.802. The molecule has 58 valence electrons. The Morgan fingerprint density at radius 2 is 1.91 bits per heavy atom. The molecular weight excluding hydrogens is 247 g/mol. The van der Waals surface area contributed by atoms with Gasteiger partial charge >= 0.3 is 72.5 Å². The molecule has 0 aliphatic rings. The number of benzene rings is 1. The van der Waals surface area contributed by atoms with Crippen LogP contribution in [0.5, 0.6) is 0 Å². The van der Waals surface area contributed by atoms with Crippen molar-refractivity contribution in [2.45, 2.75) is 4.94 Å². The van der Waals surface area contributed by atoms with Crippen LogP contribution in [0.15, 0.2) is 30.3 Å². The van der Waals surface area contributed by atoms with Crippen LogP contribution in [-0.4, -0.2) is 28.9 Å². The normalized spacial score (nSPS) is 12.5. The van der Waals surface area contributed by atoms with Crippen LogP contribution in [0.2, 0.25) is 4.94 Å². The maximum atomic E-state index is 10.6. The molecule has 1 atom stereocenters. The first-order valence-electron chi connectivity index (χ1n) is 3.49. The first-order valence-corrected chi connectivity index (χ1v) is 10.1. The Labute approximate surface area is 72.6 Å². The second kappa shape index (κ2) is 3.76. The zero-order valence-electron chi connectivity index (χ0n) is 6.32. The fourth-order valence-corrected chi connectivity index (χ4v) is 3.98. The summed E-state index contributed by atoms with van der Waals surface area (Å²) in [7, 11) is 0. The molecule has 1 unspecified atom stereocenters. The SMILES string of the molecule is [CH3][SnH]([C](=O)O)[c]1ccccc1. The van der Waals surface area contributed by atoms with Gasteiger partial charge in [0, 0.05) is 0 Å². The van der Waals surface area contributed by atoms with Crippen LogP contribution in [-0.2, 0) is 0 Å². The Hall–Kier alpha value is -0.511. The van der Waals surface area contributed by atoms with E-state index < -0.39 is 23.7 Å². The summed E-state index contributed by atoms with van der Waals surface area (Å²) >= 11 is -2.39. The number of carbonyl (C=O) groups is 1. The van der Waals surface area contributed by atoms with Gasteiger partial charge in [0.25, 0.3) is 0 Å². The molecule has 1 rings (SSSR count). The number of rotatable bonds is 2. The second-order valence-corrected chi connectivity index (χ2v) is 9.90. The van der Waals surface area contributed by atoms with Crippen molar-refractivity contribution < 1.29 is 9.90 Å². The fraction of sp³-hybridized carbons (Fsp3) is 0.125. The van der Waals surface area contributed by atoms with Crippen molar-refractivity contribution >= 4 is 27.3 Å². The van der Waals surface area contributed by atoms with Crippen molar-refractivity contribution in [3.8, 4) is 0 Å². The van der Waals surface area contributed by atoms with Crippen molar-refractivity contribution in [3.05, 3.63) is 30.3 Å². The van der Waals surface area contributed by atoms with Crippen LogP contribution >= 0.6 is 0 Å². The van der Waals surface area contributed by atoms with E-state index in [-0.39, 0.29) is 0 Å². The van der Waals surface area contributed by atoms with Gasteiger partial charge in [0.15, 0.2) is 0 Å². The summed E-state index contributed by atoms with van der Waals surface area (Å²) in [5.41, 5.74) is 0. The fourth-order valence-electron chi connectivity index (χ4n) is 0.884. The molecule has 2 nitrogen and oxygen atoms in total. The minimum atomic E-state index is -2.39. The predicted octanol–water partition coefficient (Wildman–Crippen LogP) is 1.01. The summed E-state index contributed by atoms with van der Waals surface area (Å²) < 4.78 is 0.486.